The van der Waals surface area contributed by atoms with Gasteiger partial charge in [0.1, 0.15) is 0 Å². The van der Waals surface area contributed by atoms with Crippen LogP contribution in [0.3, 0.4) is 0 Å². The summed E-state index contributed by atoms with van der Waals surface area (Å²) >= 11 is 0. The number of benzene rings is 1. The van der Waals surface area contributed by atoms with Crippen molar-refractivity contribution in [1.82, 2.24) is 25.2 Å². The molecule has 0 saturated heterocycles. The number of rotatable bonds is 5. The molecule has 1 atom stereocenters. The molecule has 0 aliphatic carbocycles. The third-order valence-corrected chi connectivity index (χ3v) is 3.59. The minimum atomic E-state index is -4.76. The predicted molar refractivity (Wildman–Crippen MR) is 81.8 cm³/mol. The van der Waals surface area contributed by atoms with Crippen molar-refractivity contribution in [2.24, 2.45) is 0 Å². The van der Waals surface area contributed by atoms with E-state index in [2.05, 4.69) is 15.6 Å². The average molecular weight is 341 g/mol. The van der Waals surface area contributed by atoms with Gasteiger partial charge in [-0.3, -0.25) is 4.79 Å². The standard InChI is InChI=1S/C15H18F3N5O/c1-10(22(2)3)9-19-14(24)12-13(15(16,17)18)23(21-20-12)11-7-5-4-6-8-11/h4-8,10H,9H2,1-3H3,(H,19,24)/t10-/m0/s1. The van der Waals surface area contributed by atoms with Gasteiger partial charge in [0.05, 0.1) is 5.69 Å². The molecule has 0 bridgehead atoms. The number of nitrogens with one attached hydrogen (secondary N) is 1. The van der Waals surface area contributed by atoms with Crippen molar-refractivity contribution in [3.8, 4) is 5.69 Å². The van der Waals surface area contributed by atoms with E-state index in [4.69, 9.17) is 0 Å². The van der Waals surface area contributed by atoms with E-state index in [1.165, 1.54) is 12.1 Å². The molecule has 1 N–H and O–H groups in total. The number of hydrogen-bond donors (Lipinski definition) is 1. The number of halogens is 3. The minimum absolute atomic E-state index is 0.0348. The predicted octanol–water partition coefficient (Wildman–Crippen LogP) is 1.97. The summed E-state index contributed by atoms with van der Waals surface area (Å²) in [7, 11) is 3.62. The Morgan fingerprint density at radius 1 is 1.29 bits per heavy atom. The highest BCUT2D eigenvalue weighted by atomic mass is 19.4. The zero-order valence-electron chi connectivity index (χ0n) is 13.5. The lowest BCUT2D eigenvalue weighted by molar-refractivity contribution is -0.143. The summed E-state index contributed by atoms with van der Waals surface area (Å²) in [6, 6.07) is 7.71. The van der Waals surface area contributed by atoms with E-state index >= 15 is 0 Å². The van der Waals surface area contributed by atoms with Gasteiger partial charge >= 0.3 is 6.18 Å². The Hall–Kier alpha value is -2.42. The molecule has 24 heavy (non-hydrogen) atoms. The largest absolute Gasteiger partial charge is 0.435 e. The highest BCUT2D eigenvalue weighted by molar-refractivity contribution is 5.93. The fourth-order valence-electron chi connectivity index (χ4n) is 1.95. The van der Waals surface area contributed by atoms with Crippen molar-refractivity contribution >= 4 is 5.91 Å². The Morgan fingerprint density at radius 3 is 2.46 bits per heavy atom. The number of alkyl halides is 3. The van der Waals surface area contributed by atoms with Crippen LogP contribution in [0.4, 0.5) is 13.2 Å². The molecule has 2 rings (SSSR count). The zero-order chi connectivity index (χ0) is 17.9. The summed E-state index contributed by atoms with van der Waals surface area (Å²) in [5, 5.41) is 9.42. The summed E-state index contributed by atoms with van der Waals surface area (Å²) in [6.45, 7) is 2.03. The molecule has 130 valence electrons. The number of amides is 1. The summed E-state index contributed by atoms with van der Waals surface area (Å²) in [5.74, 6) is -0.904. The molecule has 0 radical (unpaired) electrons. The normalized spacial score (nSPS) is 13.1. The maximum atomic E-state index is 13.4. The van der Waals surface area contributed by atoms with E-state index in [1.807, 2.05) is 25.9 Å². The molecule has 1 heterocycles. The number of para-hydroxylation sites is 1. The van der Waals surface area contributed by atoms with E-state index < -0.39 is 23.5 Å². The molecule has 0 aliphatic rings. The van der Waals surface area contributed by atoms with Crippen LogP contribution in [-0.2, 0) is 6.18 Å². The van der Waals surface area contributed by atoms with Gasteiger partial charge in [-0.1, -0.05) is 23.4 Å². The van der Waals surface area contributed by atoms with Crippen LogP contribution in [0.1, 0.15) is 23.1 Å². The second-order valence-electron chi connectivity index (χ2n) is 5.55. The Balaban J connectivity index is 2.34. The van der Waals surface area contributed by atoms with E-state index in [1.54, 1.807) is 18.2 Å². The van der Waals surface area contributed by atoms with Gasteiger partial charge < -0.3 is 10.2 Å². The molecule has 1 amide bonds. The van der Waals surface area contributed by atoms with Gasteiger partial charge in [-0.2, -0.15) is 13.2 Å². The molecular formula is C15H18F3N5O. The summed E-state index contributed by atoms with van der Waals surface area (Å²) in [4.78, 5) is 14.0. The SMILES string of the molecule is C[C@@H](CNC(=O)c1nnn(-c2ccccc2)c1C(F)(F)F)N(C)C. The second-order valence-corrected chi connectivity index (χ2v) is 5.55. The highest BCUT2D eigenvalue weighted by Crippen LogP contribution is 2.32. The van der Waals surface area contributed by atoms with Crippen LogP contribution in [0.5, 0.6) is 0 Å². The molecule has 0 unspecified atom stereocenters. The number of nitrogens with zero attached hydrogens (tertiary/aromatic N) is 4. The minimum Gasteiger partial charge on any atom is -0.349 e. The number of carbonyl (C=O) groups excluding carboxylic acids is 1. The molecule has 0 aliphatic heterocycles. The highest BCUT2D eigenvalue weighted by Gasteiger charge is 2.42. The first kappa shape index (κ1) is 17.9. The molecule has 2 aromatic rings. The van der Waals surface area contributed by atoms with Gasteiger partial charge in [0.2, 0.25) is 0 Å². The molecule has 9 heteroatoms. The zero-order valence-corrected chi connectivity index (χ0v) is 13.5. The van der Waals surface area contributed by atoms with E-state index in [9.17, 15) is 18.0 Å². The van der Waals surface area contributed by atoms with Crippen LogP contribution in [0.25, 0.3) is 5.69 Å². The molecular weight excluding hydrogens is 323 g/mol. The Labute approximate surface area is 137 Å². The van der Waals surface area contributed by atoms with Crippen LogP contribution < -0.4 is 5.32 Å². The first-order valence-corrected chi connectivity index (χ1v) is 7.24. The number of carbonyl (C=O) groups is 1. The third kappa shape index (κ3) is 3.91. The van der Waals surface area contributed by atoms with Crippen molar-refractivity contribution < 1.29 is 18.0 Å². The van der Waals surface area contributed by atoms with Gasteiger partial charge in [-0.15, -0.1) is 5.10 Å². The molecule has 6 nitrogen and oxygen atoms in total. The molecule has 1 aromatic carbocycles. The molecule has 0 spiro atoms. The maximum Gasteiger partial charge on any atom is 0.435 e. The summed E-state index contributed by atoms with van der Waals surface area (Å²) < 4.78 is 40.9. The summed E-state index contributed by atoms with van der Waals surface area (Å²) in [6.07, 6.45) is -4.76. The number of aromatic nitrogens is 3. The first-order valence-electron chi connectivity index (χ1n) is 7.24. The van der Waals surface area contributed by atoms with Crippen molar-refractivity contribution in [2.45, 2.75) is 19.1 Å². The Kier molecular flexibility index (Phi) is 5.23. The van der Waals surface area contributed by atoms with E-state index in [-0.39, 0.29) is 18.3 Å². The lowest BCUT2D eigenvalue weighted by Gasteiger charge is -2.19. The lowest BCUT2D eigenvalue weighted by atomic mass is 10.2. The molecule has 0 saturated carbocycles. The van der Waals surface area contributed by atoms with E-state index in [0.717, 1.165) is 0 Å². The van der Waals surface area contributed by atoms with Gasteiger partial charge in [-0.05, 0) is 33.2 Å². The van der Waals surface area contributed by atoms with Gasteiger partial charge in [0.15, 0.2) is 11.4 Å². The topological polar surface area (TPSA) is 63.1 Å². The van der Waals surface area contributed by atoms with Gasteiger partial charge in [0.25, 0.3) is 5.91 Å². The number of hydrogen-bond acceptors (Lipinski definition) is 4. The lowest BCUT2D eigenvalue weighted by Crippen LogP contribution is -2.39. The van der Waals surface area contributed by atoms with Crippen LogP contribution in [0, 0.1) is 0 Å². The third-order valence-electron chi connectivity index (χ3n) is 3.59. The summed E-state index contributed by atoms with van der Waals surface area (Å²) in [5.41, 5.74) is -1.75. The van der Waals surface area contributed by atoms with E-state index in [0.29, 0.717) is 4.68 Å². The first-order chi connectivity index (χ1) is 11.2. The molecule has 0 fully saturated rings. The van der Waals surface area contributed by atoms with Crippen LogP contribution >= 0.6 is 0 Å². The monoisotopic (exact) mass is 341 g/mol. The van der Waals surface area contributed by atoms with Gasteiger partial charge in [-0.25, -0.2) is 4.68 Å². The fourth-order valence-corrected chi connectivity index (χ4v) is 1.95. The Morgan fingerprint density at radius 2 is 1.92 bits per heavy atom. The maximum absolute atomic E-state index is 13.4. The fraction of sp³-hybridized carbons (Fsp3) is 0.400. The van der Waals surface area contributed by atoms with Crippen molar-refractivity contribution in [1.29, 1.82) is 0 Å². The van der Waals surface area contributed by atoms with Crippen molar-refractivity contribution in [3.05, 3.63) is 41.7 Å². The second kappa shape index (κ2) is 7.00. The van der Waals surface area contributed by atoms with Gasteiger partial charge in [0, 0.05) is 12.6 Å². The van der Waals surface area contributed by atoms with Crippen molar-refractivity contribution in [3.63, 3.8) is 0 Å². The average Bonchev–Trinajstić information content (AvgIpc) is 2.98. The van der Waals surface area contributed by atoms with Crippen LogP contribution in [0.2, 0.25) is 0 Å². The van der Waals surface area contributed by atoms with Crippen LogP contribution in [-0.4, -0.2) is 52.5 Å². The quantitative estimate of drug-likeness (QED) is 0.903. The van der Waals surface area contributed by atoms with Crippen LogP contribution in [0.15, 0.2) is 30.3 Å². The van der Waals surface area contributed by atoms with Crippen molar-refractivity contribution in [2.75, 3.05) is 20.6 Å². The number of likely N-dealkylation sites (N-methyl/N-ethyl adjacent to an activating group) is 1. The molecule has 1 aromatic heterocycles. The Bertz CT molecular complexity index is 697. The smallest absolute Gasteiger partial charge is 0.349 e.